The van der Waals surface area contributed by atoms with Crippen LogP contribution < -0.4 is 26.0 Å². The zero-order valence-corrected chi connectivity index (χ0v) is 39.8. The van der Waals surface area contributed by atoms with Crippen molar-refractivity contribution in [1.82, 2.24) is 26.2 Å². The van der Waals surface area contributed by atoms with Crippen LogP contribution in [0.4, 0.5) is 0 Å². The topological polar surface area (TPSA) is 208 Å². The predicted octanol–water partition coefficient (Wildman–Crippen LogP) is 3.84. The van der Waals surface area contributed by atoms with E-state index in [9.17, 15) is 33.6 Å². The Morgan fingerprint density at radius 3 is 1.92 bits per heavy atom. The first-order valence-electron chi connectivity index (χ1n) is 21.6. The summed E-state index contributed by atoms with van der Waals surface area (Å²) >= 11 is 1.94. The van der Waals surface area contributed by atoms with Crippen LogP contribution in [0.2, 0.25) is 0 Å². The van der Waals surface area contributed by atoms with E-state index in [2.05, 4.69) is 21.3 Å². The highest BCUT2D eigenvalue weighted by atomic mass is 127. The van der Waals surface area contributed by atoms with Gasteiger partial charge in [-0.15, -0.1) is 0 Å². The lowest BCUT2D eigenvalue weighted by atomic mass is 9.90. The number of ether oxygens (including phenoxy) is 4. The smallest absolute Gasteiger partial charge is 0.307 e. The summed E-state index contributed by atoms with van der Waals surface area (Å²) in [6, 6.07) is 12.4. The lowest BCUT2D eigenvalue weighted by molar-refractivity contribution is -0.165. The number of hydrogen-bond donors (Lipinski definition) is 4. The van der Waals surface area contributed by atoms with E-state index in [0.29, 0.717) is 38.5 Å². The number of Topliss-reactive ketones (excluding diaryl/α,β-unsaturated/α-hetero) is 1. The van der Waals surface area contributed by atoms with Gasteiger partial charge in [0, 0.05) is 17.5 Å². The first-order chi connectivity index (χ1) is 29.9. The van der Waals surface area contributed by atoms with Crippen molar-refractivity contribution in [3.05, 3.63) is 65.7 Å². The molecule has 1 heterocycles. The van der Waals surface area contributed by atoms with E-state index in [4.69, 9.17) is 18.9 Å². The van der Waals surface area contributed by atoms with Crippen molar-refractivity contribution < 1.29 is 52.5 Å². The number of methoxy groups -OCH3 is 1. The third-order valence-corrected chi connectivity index (χ3v) is 11.8. The second-order valence-electron chi connectivity index (χ2n) is 16.9. The summed E-state index contributed by atoms with van der Waals surface area (Å²) in [6.45, 7) is 12.8. The minimum atomic E-state index is -1.65. The van der Waals surface area contributed by atoms with Crippen LogP contribution in [0.1, 0.15) is 84.8 Å². The highest BCUT2D eigenvalue weighted by Crippen LogP contribution is 2.23. The first-order valence-corrected chi connectivity index (χ1v) is 23.1. The maximum Gasteiger partial charge on any atom is 0.307 e. The maximum atomic E-state index is 14.1. The quantitative estimate of drug-likeness (QED) is 0.0603. The van der Waals surface area contributed by atoms with Gasteiger partial charge in [0.15, 0.2) is 11.4 Å². The number of hydrogen-bond acceptors (Lipinski definition) is 12. The summed E-state index contributed by atoms with van der Waals surface area (Å²) < 4.78 is 21.5. The van der Waals surface area contributed by atoms with E-state index in [0.717, 1.165) is 11.1 Å². The number of benzene rings is 2. The Hall–Kier alpha value is -4.62. The summed E-state index contributed by atoms with van der Waals surface area (Å²) in [6.07, 6.45) is 0.650. The lowest BCUT2D eigenvalue weighted by Gasteiger charge is -2.32. The number of carbonyl (C=O) groups excluding carboxylic acids is 7. The number of halogens is 1. The van der Waals surface area contributed by atoms with Gasteiger partial charge in [-0.2, -0.15) is 0 Å². The Labute approximate surface area is 385 Å². The van der Waals surface area contributed by atoms with Crippen LogP contribution >= 0.6 is 22.6 Å². The van der Waals surface area contributed by atoms with Gasteiger partial charge < -0.3 is 40.2 Å². The molecule has 1 aliphatic heterocycles. The molecule has 63 heavy (non-hydrogen) atoms. The molecule has 1 fully saturated rings. The van der Waals surface area contributed by atoms with E-state index in [1.807, 2.05) is 85.5 Å². The zero-order chi connectivity index (χ0) is 46.5. The number of nitrogens with zero attached hydrogens (tertiary/aromatic N) is 1. The standard InChI is InChI=1S/C46H66IN5O11/c1-30(2)25-37(42(56)46(6,29-47)63-41(55)20-19-40(54)62-28-34-13-16-35(60-7)17-14-34)50-43(57)32(5)48-45(59)38(26-31(3)4)51-44(58)36(18-15-33-11-9-8-10-12-33)49-39(53)27-52-21-23-61-24-22-52/h8-14,16-17,30-32,36-38H,15,18-29H2,1-7H3,(H,48,59)(H,49,53)(H,50,57)(H,51,58)/t32-,36?,37-,38?,46+/m0/s1. The number of rotatable bonds is 26. The van der Waals surface area contributed by atoms with Crippen LogP contribution in [-0.2, 0) is 60.8 Å². The molecular weight excluding hydrogens is 925 g/mol. The number of aryl methyl sites for hydroxylation is 1. The number of esters is 2. The molecule has 0 aliphatic carbocycles. The number of carbonyl (C=O) groups is 7. The molecule has 16 nitrogen and oxygen atoms in total. The van der Waals surface area contributed by atoms with Gasteiger partial charge in [0.1, 0.15) is 30.5 Å². The molecule has 348 valence electrons. The Morgan fingerprint density at radius 1 is 0.730 bits per heavy atom. The van der Waals surface area contributed by atoms with E-state index < -0.39 is 65.2 Å². The van der Waals surface area contributed by atoms with E-state index in [-0.39, 0.29) is 67.4 Å². The van der Waals surface area contributed by atoms with Gasteiger partial charge in [0.2, 0.25) is 23.6 Å². The van der Waals surface area contributed by atoms with Crippen LogP contribution in [0, 0.1) is 11.8 Å². The van der Waals surface area contributed by atoms with Crippen LogP contribution in [-0.4, -0.2) is 120 Å². The molecular formula is C46H66IN5O11. The summed E-state index contributed by atoms with van der Waals surface area (Å²) in [5.41, 5.74) is 0.0786. The van der Waals surface area contributed by atoms with Crippen LogP contribution in [0.15, 0.2) is 54.6 Å². The first kappa shape index (κ1) is 52.7. The molecule has 2 unspecified atom stereocenters. The molecule has 0 bridgehead atoms. The van der Waals surface area contributed by atoms with Gasteiger partial charge in [0.05, 0.1) is 45.8 Å². The van der Waals surface area contributed by atoms with Crippen molar-refractivity contribution >= 4 is 63.9 Å². The minimum Gasteiger partial charge on any atom is -0.497 e. The molecule has 2 aromatic rings. The average Bonchev–Trinajstić information content (AvgIpc) is 3.25. The van der Waals surface area contributed by atoms with Crippen molar-refractivity contribution in [2.75, 3.05) is 44.4 Å². The van der Waals surface area contributed by atoms with E-state index in [1.165, 1.54) is 13.8 Å². The van der Waals surface area contributed by atoms with Crippen LogP contribution in [0.3, 0.4) is 0 Å². The van der Waals surface area contributed by atoms with E-state index >= 15 is 0 Å². The second kappa shape index (κ2) is 26.9. The fourth-order valence-electron chi connectivity index (χ4n) is 6.76. The molecule has 3 rings (SSSR count). The molecule has 1 saturated heterocycles. The highest BCUT2D eigenvalue weighted by molar-refractivity contribution is 14.1. The number of nitrogens with one attached hydrogen (secondary N) is 4. The summed E-state index contributed by atoms with van der Waals surface area (Å²) in [7, 11) is 1.55. The average molecular weight is 992 g/mol. The molecule has 5 atom stereocenters. The fourth-order valence-corrected chi connectivity index (χ4v) is 7.29. The molecule has 17 heteroatoms. The Bertz CT molecular complexity index is 1810. The molecule has 0 saturated carbocycles. The van der Waals surface area contributed by atoms with E-state index in [1.54, 1.807) is 31.4 Å². The zero-order valence-electron chi connectivity index (χ0n) is 37.7. The maximum absolute atomic E-state index is 14.1. The molecule has 4 N–H and O–H groups in total. The van der Waals surface area contributed by atoms with Gasteiger partial charge in [0.25, 0.3) is 0 Å². The normalized spacial score (nSPS) is 15.8. The van der Waals surface area contributed by atoms with Crippen molar-refractivity contribution in [3.63, 3.8) is 0 Å². The predicted molar refractivity (Wildman–Crippen MR) is 245 cm³/mol. The Morgan fingerprint density at radius 2 is 1.32 bits per heavy atom. The summed E-state index contributed by atoms with van der Waals surface area (Å²) in [4.78, 5) is 95.9. The lowest BCUT2D eigenvalue weighted by Crippen LogP contribution is -2.59. The molecule has 0 aromatic heterocycles. The molecule has 0 radical (unpaired) electrons. The molecule has 0 spiro atoms. The van der Waals surface area contributed by atoms with Gasteiger partial charge in [-0.1, -0.05) is 92.8 Å². The second-order valence-corrected chi connectivity index (χ2v) is 17.6. The monoisotopic (exact) mass is 991 g/mol. The van der Waals surface area contributed by atoms with Crippen molar-refractivity contribution in [2.45, 2.75) is 116 Å². The van der Waals surface area contributed by atoms with Crippen molar-refractivity contribution in [3.8, 4) is 5.75 Å². The van der Waals surface area contributed by atoms with Crippen molar-refractivity contribution in [2.24, 2.45) is 11.8 Å². The third kappa shape index (κ3) is 18.9. The largest absolute Gasteiger partial charge is 0.497 e. The number of ketones is 1. The van der Waals surface area contributed by atoms with Gasteiger partial charge in [-0.25, -0.2) is 0 Å². The SMILES string of the molecule is COc1ccc(COC(=O)CCC(=O)O[C@](C)(CI)C(=O)[C@H](CC(C)C)NC(=O)[C@H](C)NC(=O)C(CC(C)C)NC(=O)C(CCc2ccccc2)NC(=O)CN2CCOCC2)cc1. The highest BCUT2D eigenvalue weighted by Gasteiger charge is 2.42. The summed E-state index contributed by atoms with van der Waals surface area (Å²) in [5, 5.41) is 11.2. The fraction of sp³-hybridized carbons (Fsp3) is 0.587. The third-order valence-electron chi connectivity index (χ3n) is 10.3. The minimum absolute atomic E-state index is 0.00959. The molecule has 4 amide bonds. The van der Waals surface area contributed by atoms with Crippen molar-refractivity contribution in [1.29, 1.82) is 0 Å². The number of alkyl halides is 1. The van der Waals surface area contributed by atoms with Crippen LogP contribution in [0.5, 0.6) is 5.75 Å². The van der Waals surface area contributed by atoms with Gasteiger partial charge in [-0.05, 0) is 74.6 Å². The number of morpholine rings is 1. The van der Waals surface area contributed by atoms with Crippen LogP contribution in [0.25, 0.3) is 0 Å². The molecule has 1 aliphatic rings. The Balaban J connectivity index is 1.64. The number of amides is 4. The Kier molecular flexibility index (Phi) is 22.5. The molecule has 2 aromatic carbocycles. The van der Waals surface area contributed by atoms with Gasteiger partial charge >= 0.3 is 11.9 Å². The summed E-state index contributed by atoms with van der Waals surface area (Å²) in [5.74, 6) is -3.49. The van der Waals surface area contributed by atoms with Gasteiger partial charge in [-0.3, -0.25) is 38.5 Å².